The van der Waals surface area contributed by atoms with Crippen molar-refractivity contribution in [2.45, 2.75) is 44.4 Å². The van der Waals surface area contributed by atoms with Crippen LogP contribution in [-0.4, -0.2) is 20.7 Å². The van der Waals surface area contributed by atoms with Gasteiger partial charge in [0.15, 0.2) is 11.6 Å². The summed E-state index contributed by atoms with van der Waals surface area (Å²) in [5.74, 6) is 0.0876. The van der Waals surface area contributed by atoms with Gasteiger partial charge in [-0.1, -0.05) is 49.8 Å². The molecular formula is C31H25FN4O. The number of halogens is 1. The Balaban J connectivity index is 1.71. The zero-order valence-corrected chi connectivity index (χ0v) is 20.5. The van der Waals surface area contributed by atoms with Crippen molar-refractivity contribution in [1.82, 2.24) is 15.0 Å². The van der Waals surface area contributed by atoms with E-state index in [1.165, 1.54) is 6.07 Å². The van der Waals surface area contributed by atoms with Crippen molar-refractivity contribution < 1.29 is 9.18 Å². The van der Waals surface area contributed by atoms with Crippen molar-refractivity contribution in [3.8, 4) is 28.7 Å². The molecule has 0 aliphatic heterocycles. The molecule has 0 radical (unpaired) electrons. The van der Waals surface area contributed by atoms with Gasteiger partial charge in [-0.15, -0.1) is 0 Å². The number of nitrogens with zero attached hydrogens (tertiary/aromatic N) is 4. The van der Waals surface area contributed by atoms with E-state index in [-0.39, 0.29) is 23.1 Å². The fraction of sp³-hybridized carbons (Fsp3) is 0.258. The lowest BCUT2D eigenvalue weighted by molar-refractivity contribution is -0.117. The first-order valence-electron chi connectivity index (χ1n) is 12.7. The lowest BCUT2D eigenvalue weighted by atomic mass is 9.58. The average Bonchev–Trinajstić information content (AvgIpc) is 2.92. The van der Waals surface area contributed by atoms with Crippen molar-refractivity contribution in [3.05, 3.63) is 89.5 Å². The number of hydrogen-bond donors (Lipinski definition) is 0. The number of allylic oxidation sites excluding steroid dienone is 2. The Morgan fingerprint density at radius 2 is 1.89 bits per heavy atom. The van der Waals surface area contributed by atoms with Gasteiger partial charge in [-0.2, -0.15) is 5.26 Å². The molecule has 2 aromatic heterocycles. The predicted molar refractivity (Wildman–Crippen MR) is 140 cm³/mol. The molecule has 0 saturated heterocycles. The first-order chi connectivity index (χ1) is 18.1. The fourth-order valence-electron chi connectivity index (χ4n) is 6.21. The molecule has 2 aromatic carbocycles. The van der Waals surface area contributed by atoms with Gasteiger partial charge in [0.25, 0.3) is 0 Å². The summed E-state index contributed by atoms with van der Waals surface area (Å²) >= 11 is 0. The summed E-state index contributed by atoms with van der Waals surface area (Å²) in [5.41, 5.74) is 3.98. The van der Waals surface area contributed by atoms with E-state index in [9.17, 15) is 10.1 Å². The number of para-hydroxylation sites is 1. The lowest BCUT2D eigenvalue weighted by Gasteiger charge is -2.45. The van der Waals surface area contributed by atoms with E-state index in [0.29, 0.717) is 29.9 Å². The Hall–Kier alpha value is -4.24. The fourth-order valence-corrected chi connectivity index (χ4v) is 6.21. The molecule has 182 valence electrons. The minimum Gasteiger partial charge on any atom is -0.293 e. The Kier molecular flexibility index (Phi) is 5.64. The Labute approximate surface area is 214 Å². The maximum atomic E-state index is 15.2. The summed E-state index contributed by atoms with van der Waals surface area (Å²) < 4.78 is 15.2. The lowest BCUT2D eigenvalue weighted by Crippen LogP contribution is -2.43. The molecule has 2 heterocycles. The molecule has 2 aliphatic rings. The molecule has 0 bridgehead atoms. The summed E-state index contributed by atoms with van der Waals surface area (Å²) in [4.78, 5) is 27.4. The monoisotopic (exact) mass is 488 g/mol. The molecule has 0 saturated carbocycles. The molecule has 0 fully saturated rings. The van der Waals surface area contributed by atoms with Gasteiger partial charge in [-0.3, -0.25) is 9.78 Å². The van der Waals surface area contributed by atoms with Crippen LogP contribution in [0.15, 0.2) is 72.4 Å². The van der Waals surface area contributed by atoms with E-state index >= 15 is 4.39 Å². The number of ketones is 1. The predicted octanol–water partition coefficient (Wildman–Crippen LogP) is 6.52. The third-order valence-corrected chi connectivity index (χ3v) is 7.86. The minimum absolute atomic E-state index is 0.0370. The highest BCUT2D eigenvalue weighted by Crippen LogP contribution is 2.52. The molecule has 37 heavy (non-hydrogen) atoms. The second-order valence-corrected chi connectivity index (χ2v) is 9.90. The minimum atomic E-state index is -0.582. The molecule has 6 rings (SSSR count). The van der Waals surface area contributed by atoms with Crippen molar-refractivity contribution in [2.24, 2.45) is 5.92 Å². The Morgan fingerprint density at radius 1 is 1.08 bits per heavy atom. The molecule has 4 aromatic rings. The topological polar surface area (TPSA) is 79.5 Å². The maximum Gasteiger partial charge on any atom is 0.173 e. The van der Waals surface area contributed by atoms with E-state index in [1.807, 2.05) is 42.5 Å². The first-order valence-corrected chi connectivity index (χ1v) is 12.7. The number of Topliss-reactive ketones (excluding diaryl/α,β-unsaturated/α-hetero) is 1. The summed E-state index contributed by atoms with van der Waals surface area (Å²) in [5, 5.41) is 10.7. The zero-order valence-electron chi connectivity index (χ0n) is 20.5. The normalized spacial score (nSPS) is 20.6. The Morgan fingerprint density at radius 3 is 2.70 bits per heavy atom. The van der Waals surface area contributed by atoms with Crippen LogP contribution in [0.2, 0.25) is 0 Å². The van der Waals surface area contributed by atoms with Gasteiger partial charge in [0.2, 0.25) is 0 Å². The summed E-state index contributed by atoms with van der Waals surface area (Å²) in [6.07, 6.45) is 6.93. The van der Waals surface area contributed by atoms with Gasteiger partial charge in [-0.05, 0) is 49.4 Å². The molecule has 2 aliphatic carbocycles. The van der Waals surface area contributed by atoms with Gasteiger partial charge in [0.05, 0.1) is 22.5 Å². The van der Waals surface area contributed by atoms with E-state index in [2.05, 4.69) is 18.0 Å². The third kappa shape index (κ3) is 3.65. The largest absolute Gasteiger partial charge is 0.293 e. The highest BCUT2D eigenvalue weighted by Gasteiger charge is 2.48. The van der Waals surface area contributed by atoms with Crippen LogP contribution in [0.5, 0.6) is 0 Å². The molecule has 2 atom stereocenters. The first kappa shape index (κ1) is 23.2. The van der Waals surface area contributed by atoms with Gasteiger partial charge >= 0.3 is 0 Å². The van der Waals surface area contributed by atoms with E-state index in [0.717, 1.165) is 47.0 Å². The van der Waals surface area contributed by atoms with Crippen LogP contribution >= 0.6 is 0 Å². The van der Waals surface area contributed by atoms with Crippen molar-refractivity contribution >= 4 is 16.7 Å². The standard InChI is InChI=1S/C31H25FN4O/c1-2-14-31-17-19(18-33)27(37)16-20(31)11-12-24-28(23-8-3-5-9-25(23)32)35-30(36-29(24)31)22-13-15-34-26-10-6-4-7-21(22)26/h3-10,13,15,17,20H,2,11-12,14,16H2,1H3/t20-,31-/m1/s1. The van der Waals surface area contributed by atoms with Crippen molar-refractivity contribution in [1.29, 1.82) is 5.26 Å². The SMILES string of the molecule is CCC[C@@]12C=C(C#N)C(=O)C[C@H]1CCc1c(-c3ccccc3F)nc(-c3ccnc4ccccc34)nc12. The van der Waals surface area contributed by atoms with Gasteiger partial charge in [0.1, 0.15) is 11.9 Å². The van der Waals surface area contributed by atoms with Crippen molar-refractivity contribution in [2.75, 3.05) is 0 Å². The number of pyridine rings is 1. The Bertz CT molecular complexity index is 1630. The van der Waals surface area contributed by atoms with E-state index in [4.69, 9.17) is 9.97 Å². The summed E-state index contributed by atoms with van der Waals surface area (Å²) in [6, 6.07) is 18.5. The average molecular weight is 489 g/mol. The number of benzene rings is 2. The third-order valence-electron chi connectivity index (χ3n) is 7.86. The number of carbonyl (C=O) groups is 1. The van der Waals surface area contributed by atoms with Crippen LogP contribution in [0.1, 0.15) is 43.9 Å². The van der Waals surface area contributed by atoms with Crippen LogP contribution in [0, 0.1) is 23.1 Å². The molecule has 0 N–H and O–H groups in total. The number of nitriles is 1. The smallest absolute Gasteiger partial charge is 0.173 e. The maximum absolute atomic E-state index is 15.2. The van der Waals surface area contributed by atoms with Crippen LogP contribution in [-0.2, 0) is 16.6 Å². The molecule has 6 heteroatoms. The molecular weight excluding hydrogens is 463 g/mol. The highest BCUT2D eigenvalue weighted by molar-refractivity contribution is 6.00. The van der Waals surface area contributed by atoms with Gasteiger partial charge in [-0.25, -0.2) is 14.4 Å². The van der Waals surface area contributed by atoms with E-state index < -0.39 is 5.41 Å². The molecule has 5 nitrogen and oxygen atoms in total. The number of hydrogen-bond acceptors (Lipinski definition) is 5. The molecule has 0 amide bonds. The van der Waals surface area contributed by atoms with Crippen LogP contribution in [0.4, 0.5) is 4.39 Å². The highest BCUT2D eigenvalue weighted by atomic mass is 19.1. The molecule has 0 spiro atoms. The second kappa shape index (κ2) is 9.01. The number of fused-ring (bicyclic) bond motifs is 4. The summed E-state index contributed by atoms with van der Waals surface area (Å²) in [7, 11) is 0. The van der Waals surface area contributed by atoms with Crippen LogP contribution in [0.3, 0.4) is 0 Å². The number of aromatic nitrogens is 3. The zero-order chi connectivity index (χ0) is 25.6. The van der Waals surface area contributed by atoms with Crippen molar-refractivity contribution in [3.63, 3.8) is 0 Å². The van der Waals surface area contributed by atoms with Gasteiger partial charge < -0.3 is 0 Å². The van der Waals surface area contributed by atoms with E-state index in [1.54, 1.807) is 18.3 Å². The van der Waals surface area contributed by atoms with Crippen LogP contribution in [0.25, 0.3) is 33.5 Å². The number of rotatable bonds is 4. The molecule has 0 unspecified atom stereocenters. The van der Waals surface area contributed by atoms with Gasteiger partial charge in [0, 0.05) is 40.1 Å². The van der Waals surface area contributed by atoms with Crippen LogP contribution < -0.4 is 0 Å². The second-order valence-electron chi connectivity index (χ2n) is 9.90. The quantitative estimate of drug-likeness (QED) is 0.327. The number of carbonyl (C=O) groups excluding carboxylic acids is 1. The summed E-state index contributed by atoms with van der Waals surface area (Å²) in [6.45, 7) is 2.10.